The van der Waals surface area contributed by atoms with E-state index in [1.54, 1.807) is 18.0 Å². The molecule has 3 rings (SSSR count). The second-order valence-corrected chi connectivity index (χ2v) is 7.10. The summed E-state index contributed by atoms with van der Waals surface area (Å²) in [5.74, 6) is 1.05. The van der Waals surface area contributed by atoms with Crippen LogP contribution in [-0.2, 0) is 9.59 Å². The van der Waals surface area contributed by atoms with E-state index in [-0.39, 0.29) is 17.9 Å². The highest BCUT2D eigenvalue weighted by Crippen LogP contribution is 2.21. The normalized spacial score (nSPS) is 15.2. The quantitative estimate of drug-likeness (QED) is 0.773. The number of carbonyl (C=O) groups is 2. The average Bonchev–Trinajstić information content (AvgIpc) is 2.74. The molecule has 6 nitrogen and oxygen atoms in total. The van der Waals surface area contributed by atoms with Crippen molar-refractivity contribution < 1.29 is 9.59 Å². The van der Waals surface area contributed by atoms with Crippen molar-refractivity contribution in [2.75, 3.05) is 37.6 Å². The Morgan fingerprint density at radius 3 is 2.32 bits per heavy atom. The van der Waals surface area contributed by atoms with Gasteiger partial charge in [-0.1, -0.05) is 36.4 Å². The second-order valence-electron chi connectivity index (χ2n) is 7.10. The Morgan fingerprint density at radius 2 is 1.71 bits per heavy atom. The highest BCUT2D eigenvalue weighted by atomic mass is 16.2. The maximum Gasteiger partial charge on any atom is 0.224 e. The summed E-state index contributed by atoms with van der Waals surface area (Å²) in [6, 6.07) is 15.7. The molecule has 2 aromatic rings. The highest BCUT2D eigenvalue weighted by Gasteiger charge is 2.24. The number of carbonyl (C=O) groups excluding carboxylic acids is 2. The predicted molar refractivity (Wildman–Crippen MR) is 110 cm³/mol. The zero-order valence-electron chi connectivity index (χ0n) is 16.6. The smallest absolute Gasteiger partial charge is 0.224 e. The SMILES string of the molecule is CC(=O)N(CCC(=O)N1CCN(c2ccccn2)CC1)C(C)c1ccccc1. The Labute approximate surface area is 166 Å². The van der Waals surface area contributed by atoms with Crippen molar-refractivity contribution >= 4 is 17.6 Å². The van der Waals surface area contributed by atoms with Crippen LogP contribution < -0.4 is 4.90 Å². The first kappa shape index (κ1) is 19.9. The fourth-order valence-electron chi connectivity index (χ4n) is 3.64. The number of amides is 2. The molecule has 6 heteroatoms. The van der Waals surface area contributed by atoms with Crippen LogP contribution in [0.25, 0.3) is 0 Å². The van der Waals surface area contributed by atoms with E-state index in [0.717, 1.165) is 24.5 Å². The lowest BCUT2D eigenvalue weighted by molar-refractivity contribution is -0.134. The van der Waals surface area contributed by atoms with Crippen LogP contribution in [0, 0.1) is 0 Å². The first-order chi connectivity index (χ1) is 13.6. The van der Waals surface area contributed by atoms with Crippen molar-refractivity contribution in [3.05, 3.63) is 60.3 Å². The summed E-state index contributed by atoms with van der Waals surface area (Å²) >= 11 is 0. The van der Waals surface area contributed by atoms with Gasteiger partial charge in [0.15, 0.2) is 0 Å². The van der Waals surface area contributed by atoms with Gasteiger partial charge in [0, 0.05) is 52.3 Å². The molecule has 1 aromatic carbocycles. The van der Waals surface area contributed by atoms with E-state index >= 15 is 0 Å². The Morgan fingerprint density at radius 1 is 1.04 bits per heavy atom. The first-order valence-corrected chi connectivity index (χ1v) is 9.82. The summed E-state index contributed by atoms with van der Waals surface area (Å²) in [4.78, 5) is 35.1. The van der Waals surface area contributed by atoms with Gasteiger partial charge >= 0.3 is 0 Å². The van der Waals surface area contributed by atoms with Crippen LogP contribution in [0.4, 0.5) is 5.82 Å². The molecule has 2 heterocycles. The molecule has 0 bridgehead atoms. The molecule has 0 N–H and O–H groups in total. The van der Waals surface area contributed by atoms with Crippen molar-refractivity contribution in [3.63, 3.8) is 0 Å². The minimum atomic E-state index is -0.0486. The molecular weight excluding hydrogens is 352 g/mol. The van der Waals surface area contributed by atoms with Crippen molar-refractivity contribution in [2.24, 2.45) is 0 Å². The van der Waals surface area contributed by atoms with E-state index in [0.29, 0.717) is 26.1 Å². The van der Waals surface area contributed by atoms with Crippen LogP contribution in [-0.4, -0.2) is 59.3 Å². The number of hydrogen-bond donors (Lipinski definition) is 0. The number of benzene rings is 1. The van der Waals surface area contributed by atoms with Gasteiger partial charge in [0.1, 0.15) is 5.82 Å². The van der Waals surface area contributed by atoms with Crippen molar-refractivity contribution in [1.29, 1.82) is 0 Å². The molecule has 1 unspecified atom stereocenters. The fourth-order valence-corrected chi connectivity index (χ4v) is 3.64. The van der Waals surface area contributed by atoms with Gasteiger partial charge in [-0.05, 0) is 24.6 Å². The Hall–Kier alpha value is -2.89. The largest absolute Gasteiger partial charge is 0.353 e. The molecular formula is C22H28N4O2. The zero-order valence-corrected chi connectivity index (χ0v) is 16.6. The molecule has 148 valence electrons. The van der Waals surface area contributed by atoms with Crippen LogP contribution in [0.2, 0.25) is 0 Å². The van der Waals surface area contributed by atoms with Crippen molar-refractivity contribution in [3.8, 4) is 0 Å². The van der Waals surface area contributed by atoms with Gasteiger partial charge in [-0.3, -0.25) is 9.59 Å². The van der Waals surface area contributed by atoms with E-state index < -0.39 is 0 Å². The number of pyridine rings is 1. The van der Waals surface area contributed by atoms with Crippen LogP contribution in [0.1, 0.15) is 31.9 Å². The predicted octanol–water partition coefficient (Wildman–Crippen LogP) is 2.73. The minimum absolute atomic E-state index is 0.0101. The summed E-state index contributed by atoms with van der Waals surface area (Å²) in [6.07, 6.45) is 2.14. The third-order valence-electron chi connectivity index (χ3n) is 5.33. The molecule has 1 aliphatic rings. The molecule has 1 saturated heterocycles. The van der Waals surface area contributed by atoms with Gasteiger partial charge in [0.2, 0.25) is 11.8 Å². The molecule has 28 heavy (non-hydrogen) atoms. The summed E-state index contributed by atoms with van der Waals surface area (Å²) < 4.78 is 0. The van der Waals surface area contributed by atoms with E-state index in [4.69, 9.17) is 0 Å². The molecule has 0 aliphatic carbocycles. The molecule has 1 fully saturated rings. The Bertz CT molecular complexity index is 774. The van der Waals surface area contributed by atoms with Gasteiger partial charge in [0.25, 0.3) is 0 Å². The molecule has 1 atom stereocenters. The fraction of sp³-hybridized carbons (Fsp3) is 0.409. The lowest BCUT2D eigenvalue weighted by Gasteiger charge is -2.36. The van der Waals surface area contributed by atoms with E-state index in [9.17, 15) is 9.59 Å². The van der Waals surface area contributed by atoms with Crippen LogP contribution >= 0.6 is 0 Å². The second kappa shape index (κ2) is 9.35. The minimum Gasteiger partial charge on any atom is -0.353 e. The van der Waals surface area contributed by atoms with Gasteiger partial charge in [-0.2, -0.15) is 0 Å². The lowest BCUT2D eigenvalue weighted by Crippen LogP contribution is -2.49. The zero-order chi connectivity index (χ0) is 19.9. The molecule has 2 amide bonds. The number of aromatic nitrogens is 1. The van der Waals surface area contributed by atoms with Crippen LogP contribution in [0.3, 0.4) is 0 Å². The summed E-state index contributed by atoms with van der Waals surface area (Å²) in [7, 11) is 0. The standard InChI is InChI=1S/C22H28N4O2/c1-18(20-8-4-3-5-9-20)26(19(2)27)13-11-22(28)25-16-14-24(15-17-25)21-10-6-7-12-23-21/h3-10,12,18H,11,13-17H2,1-2H3. The van der Waals surface area contributed by atoms with Gasteiger partial charge in [0.05, 0.1) is 6.04 Å². The number of piperazine rings is 1. The highest BCUT2D eigenvalue weighted by molar-refractivity contribution is 5.78. The summed E-state index contributed by atoms with van der Waals surface area (Å²) in [6.45, 7) is 6.93. The molecule has 1 aliphatic heterocycles. The number of nitrogens with zero attached hydrogens (tertiary/aromatic N) is 4. The monoisotopic (exact) mass is 380 g/mol. The Kier molecular flexibility index (Phi) is 6.63. The summed E-state index contributed by atoms with van der Waals surface area (Å²) in [5, 5.41) is 0. The molecule has 0 spiro atoms. The molecule has 0 saturated carbocycles. The van der Waals surface area contributed by atoms with Crippen molar-refractivity contribution in [1.82, 2.24) is 14.8 Å². The maximum atomic E-state index is 12.7. The van der Waals surface area contributed by atoms with Gasteiger partial charge < -0.3 is 14.7 Å². The van der Waals surface area contributed by atoms with Gasteiger partial charge in [-0.25, -0.2) is 4.98 Å². The lowest BCUT2D eigenvalue weighted by atomic mass is 10.1. The molecule has 1 aromatic heterocycles. The van der Waals surface area contributed by atoms with E-state index in [1.165, 1.54) is 0 Å². The number of rotatable bonds is 6. The summed E-state index contributed by atoms with van der Waals surface area (Å²) in [5.41, 5.74) is 1.08. The number of hydrogen-bond acceptors (Lipinski definition) is 4. The maximum absolute atomic E-state index is 12.7. The third-order valence-corrected chi connectivity index (χ3v) is 5.33. The van der Waals surface area contributed by atoms with Gasteiger partial charge in [-0.15, -0.1) is 0 Å². The number of anilines is 1. The van der Waals surface area contributed by atoms with Crippen LogP contribution in [0.5, 0.6) is 0 Å². The Balaban J connectivity index is 1.52. The average molecular weight is 380 g/mol. The topological polar surface area (TPSA) is 56.8 Å². The van der Waals surface area contributed by atoms with E-state index in [1.807, 2.05) is 60.4 Å². The first-order valence-electron chi connectivity index (χ1n) is 9.82. The third kappa shape index (κ3) is 4.88. The van der Waals surface area contributed by atoms with Crippen molar-refractivity contribution in [2.45, 2.75) is 26.3 Å². The van der Waals surface area contributed by atoms with Crippen LogP contribution in [0.15, 0.2) is 54.7 Å². The van der Waals surface area contributed by atoms with E-state index in [2.05, 4.69) is 9.88 Å². The molecule has 0 radical (unpaired) electrons.